The van der Waals surface area contributed by atoms with E-state index in [-0.39, 0.29) is 5.56 Å². The van der Waals surface area contributed by atoms with Gasteiger partial charge < -0.3 is 9.30 Å². The molecule has 3 heterocycles. The summed E-state index contributed by atoms with van der Waals surface area (Å²) >= 11 is 1.51. The average Bonchev–Trinajstić information content (AvgIpc) is 3.32. The number of fused-ring (bicyclic) bond motifs is 1. The summed E-state index contributed by atoms with van der Waals surface area (Å²) in [6.07, 6.45) is 1.56. The van der Waals surface area contributed by atoms with Crippen molar-refractivity contribution in [2.24, 2.45) is 14.1 Å². The maximum absolute atomic E-state index is 12.5. The molecule has 4 aromatic rings. The monoisotopic (exact) mass is 383 g/mol. The molecule has 0 aliphatic carbocycles. The van der Waals surface area contributed by atoms with Gasteiger partial charge in [-0.05, 0) is 12.1 Å². The lowest BCUT2D eigenvalue weighted by Crippen LogP contribution is -2.37. The van der Waals surface area contributed by atoms with E-state index in [2.05, 4.69) is 9.97 Å². The van der Waals surface area contributed by atoms with Gasteiger partial charge in [-0.3, -0.25) is 13.9 Å². The van der Waals surface area contributed by atoms with Crippen molar-refractivity contribution in [3.8, 4) is 16.3 Å². The first-order valence-electron chi connectivity index (χ1n) is 8.20. The van der Waals surface area contributed by atoms with Gasteiger partial charge in [0.25, 0.3) is 5.56 Å². The zero-order chi connectivity index (χ0) is 19.1. The summed E-state index contributed by atoms with van der Waals surface area (Å²) in [5, 5.41) is 2.78. The Balaban J connectivity index is 1.75. The molecular weight excluding hydrogens is 366 g/mol. The van der Waals surface area contributed by atoms with Crippen LogP contribution < -0.4 is 16.0 Å². The third kappa shape index (κ3) is 2.76. The van der Waals surface area contributed by atoms with Gasteiger partial charge >= 0.3 is 5.69 Å². The summed E-state index contributed by atoms with van der Waals surface area (Å²) < 4.78 is 9.58. The topological polar surface area (TPSA) is 83.9 Å². The standard InChI is InChI=1S/C18H17N5O3S/c1-21-15-14(17(24)22(2)18(21)25)23(10-19-15)8-11-9-27-16(20-11)12-6-4-5-7-13(12)26-3/h4-7,9-10H,8H2,1-3H3. The van der Waals surface area contributed by atoms with Gasteiger partial charge in [-0.2, -0.15) is 0 Å². The maximum Gasteiger partial charge on any atom is 0.332 e. The largest absolute Gasteiger partial charge is 0.496 e. The van der Waals surface area contributed by atoms with Crippen molar-refractivity contribution in [3.63, 3.8) is 0 Å². The number of imidazole rings is 1. The molecule has 3 aromatic heterocycles. The molecule has 9 heteroatoms. The molecule has 0 fully saturated rings. The number of thiazole rings is 1. The molecule has 0 atom stereocenters. The fourth-order valence-electron chi connectivity index (χ4n) is 3.02. The van der Waals surface area contributed by atoms with Crippen molar-refractivity contribution in [1.82, 2.24) is 23.7 Å². The van der Waals surface area contributed by atoms with Crippen LogP contribution in [0.4, 0.5) is 0 Å². The zero-order valence-electron chi connectivity index (χ0n) is 15.0. The van der Waals surface area contributed by atoms with E-state index in [1.807, 2.05) is 29.6 Å². The lowest BCUT2D eigenvalue weighted by molar-refractivity contribution is 0.416. The zero-order valence-corrected chi connectivity index (χ0v) is 15.9. The van der Waals surface area contributed by atoms with Crippen molar-refractivity contribution >= 4 is 22.5 Å². The summed E-state index contributed by atoms with van der Waals surface area (Å²) in [5.74, 6) is 0.760. The predicted molar refractivity (Wildman–Crippen MR) is 103 cm³/mol. The van der Waals surface area contributed by atoms with E-state index in [4.69, 9.17) is 4.74 Å². The van der Waals surface area contributed by atoms with Crippen LogP contribution in [0.1, 0.15) is 5.69 Å². The van der Waals surface area contributed by atoms with E-state index in [1.54, 1.807) is 25.1 Å². The molecule has 8 nitrogen and oxygen atoms in total. The Hall–Kier alpha value is -3.20. The molecule has 0 saturated heterocycles. The number of methoxy groups -OCH3 is 1. The SMILES string of the molecule is COc1ccccc1-c1nc(Cn2cnc3c2c(=O)n(C)c(=O)n3C)cs1. The van der Waals surface area contributed by atoms with Gasteiger partial charge in [0.15, 0.2) is 11.2 Å². The summed E-state index contributed by atoms with van der Waals surface area (Å²) in [4.78, 5) is 33.5. The van der Waals surface area contributed by atoms with E-state index in [0.29, 0.717) is 17.7 Å². The molecule has 138 valence electrons. The highest BCUT2D eigenvalue weighted by molar-refractivity contribution is 7.13. The van der Waals surface area contributed by atoms with E-state index in [1.165, 1.54) is 23.0 Å². The third-order valence-corrected chi connectivity index (χ3v) is 5.36. The molecule has 4 rings (SSSR count). The van der Waals surface area contributed by atoms with Gasteiger partial charge in [0.1, 0.15) is 10.8 Å². The summed E-state index contributed by atoms with van der Waals surface area (Å²) in [5.41, 5.74) is 1.70. The van der Waals surface area contributed by atoms with Crippen LogP contribution in [0, 0.1) is 0 Å². The molecule has 0 N–H and O–H groups in total. The number of aromatic nitrogens is 5. The van der Waals surface area contributed by atoms with E-state index < -0.39 is 5.69 Å². The van der Waals surface area contributed by atoms with E-state index in [0.717, 1.165) is 26.6 Å². The first-order valence-corrected chi connectivity index (χ1v) is 9.08. The van der Waals surface area contributed by atoms with Gasteiger partial charge in [0.05, 0.1) is 31.2 Å². The maximum atomic E-state index is 12.5. The highest BCUT2D eigenvalue weighted by Crippen LogP contribution is 2.32. The van der Waals surface area contributed by atoms with Crippen LogP contribution >= 0.6 is 11.3 Å². The molecule has 0 radical (unpaired) electrons. The van der Waals surface area contributed by atoms with Gasteiger partial charge in [-0.1, -0.05) is 12.1 Å². The normalized spacial score (nSPS) is 11.2. The molecule has 0 aliphatic rings. The Bertz CT molecular complexity index is 1260. The third-order valence-electron chi connectivity index (χ3n) is 4.44. The molecule has 0 unspecified atom stereocenters. The van der Waals surface area contributed by atoms with E-state index in [9.17, 15) is 9.59 Å². The Morgan fingerprint density at radius 2 is 1.93 bits per heavy atom. The number of rotatable bonds is 4. The van der Waals surface area contributed by atoms with Crippen molar-refractivity contribution < 1.29 is 4.74 Å². The molecule has 0 saturated carbocycles. The first kappa shape index (κ1) is 17.2. The number of nitrogens with zero attached hydrogens (tertiary/aromatic N) is 5. The molecule has 0 spiro atoms. The lowest BCUT2D eigenvalue weighted by atomic mass is 10.2. The molecular formula is C18H17N5O3S. The number of ether oxygens (including phenoxy) is 1. The Kier molecular flexibility index (Phi) is 4.15. The number of para-hydroxylation sites is 1. The van der Waals surface area contributed by atoms with Crippen LogP contribution in [0.15, 0.2) is 45.6 Å². The minimum absolute atomic E-state index is 0.364. The smallest absolute Gasteiger partial charge is 0.332 e. The van der Waals surface area contributed by atoms with Gasteiger partial charge in [-0.25, -0.2) is 14.8 Å². The summed E-state index contributed by atoms with van der Waals surface area (Å²) in [7, 11) is 4.69. The minimum Gasteiger partial charge on any atom is -0.496 e. The highest BCUT2D eigenvalue weighted by atomic mass is 32.1. The number of hydrogen-bond acceptors (Lipinski definition) is 6. The molecule has 0 bridgehead atoms. The van der Waals surface area contributed by atoms with Crippen LogP contribution in [0.2, 0.25) is 0 Å². The van der Waals surface area contributed by atoms with Gasteiger partial charge in [0.2, 0.25) is 0 Å². The summed E-state index contributed by atoms with van der Waals surface area (Å²) in [6, 6.07) is 7.70. The molecule has 1 aromatic carbocycles. The predicted octanol–water partition coefficient (Wildman–Crippen LogP) is 1.61. The highest BCUT2D eigenvalue weighted by Gasteiger charge is 2.16. The first-order chi connectivity index (χ1) is 13.0. The Morgan fingerprint density at radius 1 is 1.15 bits per heavy atom. The minimum atomic E-state index is -0.398. The second-order valence-corrected chi connectivity index (χ2v) is 6.95. The van der Waals surface area contributed by atoms with Gasteiger partial charge in [-0.15, -0.1) is 11.3 Å². The molecule has 0 aliphatic heterocycles. The van der Waals surface area contributed by atoms with Crippen molar-refractivity contribution in [2.75, 3.05) is 7.11 Å². The Labute approximate surface area is 157 Å². The van der Waals surface area contributed by atoms with E-state index >= 15 is 0 Å². The Morgan fingerprint density at radius 3 is 2.70 bits per heavy atom. The van der Waals surface area contributed by atoms with Gasteiger partial charge in [0, 0.05) is 19.5 Å². The number of benzene rings is 1. The van der Waals surface area contributed by atoms with Crippen molar-refractivity contribution in [3.05, 3.63) is 62.5 Å². The second kappa shape index (κ2) is 6.51. The van der Waals surface area contributed by atoms with Crippen LogP contribution in [0.5, 0.6) is 5.75 Å². The van der Waals surface area contributed by atoms with Crippen LogP contribution in [0.3, 0.4) is 0 Å². The molecule has 0 amide bonds. The summed E-state index contributed by atoms with van der Waals surface area (Å²) in [6.45, 7) is 0.385. The fourth-order valence-corrected chi connectivity index (χ4v) is 3.86. The average molecular weight is 383 g/mol. The molecule has 27 heavy (non-hydrogen) atoms. The lowest BCUT2D eigenvalue weighted by Gasteiger charge is -2.06. The second-order valence-electron chi connectivity index (χ2n) is 6.09. The fraction of sp³-hybridized carbons (Fsp3) is 0.222. The number of aryl methyl sites for hydroxylation is 1. The van der Waals surface area contributed by atoms with Crippen LogP contribution in [-0.4, -0.2) is 30.8 Å². The number of hydrogen-bond donors (Lipinski definition) is 0. The van der Waals surface area contributed by atoms with Crippen LogP contribution in [0.25, 0.3) is 21.7 Å². The van der Waals surface area contributed by atoms with Crippen LogP contribution in [-0.2, 0) is 20.6 Å². The quantitative estimate of drug-likeness (QED) is 0.535. The van der Waals surface area contributed by atoms with Crippen molar-refractivity contribution in [1.29, 1.82) is 0 Å². The van der Waals surface area contributed by atoms with Crippen molar-refractivity contribution in [2.45, 2.75) is 6.54 Å².